The molecule has 0 atom stereocenters. The Labute approximate surface area is 188 Å². The Bertz CT molecular complexity index is 605. The summed E-state index contributed by atoms with van der Waals surface area (Å²) in [6, 6.07) is -0.0953. The van der Waals surface area contributed by atoms with Gasteiger partial charge in [-0.05, 0) is 65.1 Å². The molecule has 2 heterocycles. The van der Waals surface area contributed by atoms with E-state index in [1.165, 1.54) is 25.9 Å². The van der Waals surface area contributed by atoms with Gasteiger partial charge in [-0.3, -0.25) is 4.99 Å². The van der Waals surface area contributed by atoms with Gasteiger partial charge in [0.05, 0.1) is 0 Å². The molecular formula is C17H33F3IN5O2S. The lowest BCUT2D eigenvalue weighted by molar-refractivity contribution is -0.0494. The number of nitrogens with one attached hydrogen (secondary N) is 2. The summed E-state index contributed by atoms with van der Waals surface area (Å²) in [6.45, 7) is 6.51. The average molecular weight is 555 g/mol. The minimum absolute atomic E-state index is 0. The number of likely N-dealkylation sites (tertiary alicyclic amines) is 1. The van der Waals surface area contributed by atoms with Crippen LogP contribution in [0.4, 0.5) is 13.2 Å². The summed E-state index contributed by atoms with van der Waals surface area (Å²) in [5.41, 5.74) is -5.24. The van der Waals surface area contributed by atoms with E-state index in [1.807, 2.05) is 6.92 Å². The monoisotopic (exact) mass is 555 g/mol. The van der Waals surface area contributed by atoms with Crippen LogP contribution in [0, 0.1) is 0 Å². The molecule has 29 heavy (non-hydrogen) atoms. The van der Waals surface area contributed by atoms with Crippen molar-refractivity contribution < 1.29 is 21.6 Å². The lowest BCUT2D eigenvalue weighted by Crippen LogP contribution is -2.51. The van der Waals surface area contributed by atoms with Crippen LogP contribution in [0.3, 0.4) is 0 Å². The number of sulfonamides is 1. The van der Waals surface area contributed by atoms with Crippen molar-refractivity contribution in [1.29, 1.82) is 0 Å². The molecule has 172 valence electrons. The van der Waals surface area contributed by atoms with Gasteiger partial charge in [0.1, 0.15) is 0 Å². The highest BCUT2D eigenvalue weighted by Gasteiger charge is 2.50. The zero-order chi connectivity index (χ0) is 20.6. The van der Waals surface area contributed by atoms with Crippen LogP contribution in [-0.2, 0) is 10.0 Å². The van der Waals surface area contributed by atoms with E-state index in [0.717, 1.165) is 19.4 Å². The number of halogens is 4. The lowest BCUT2D eigenvalue weighted by Gasteiger charge is -2.32. The van der Waals surface area contributed by atoms with E-state index in [1.54, 1.807) is 0 Å². The van der Waals surface area contributed by atoms with Gasteiger partial charge in [-0.25, -0.2) is 8.42 Å². The fourth-order valence-corrected chi connectivity index (χ4v) is 4.53. The predicted octanol–water partition coefficient (Wildman–Crippen LogP) is 2.35. The summed E-state index contributed by atoms with van der Waals surface area (Å²) in [7, 11) is -5.23. The van der Waals surface area contributed by atoms with Crippen molar-refractivity contribution in [3.8, 4) is 0 Å². The molecule has 0 aliphatic carbocycles. The van der Waals surface area contributed by atoms with Crippen molar-refractivity contribution in [2.45, 2.75) is 57.0 Å². The number of rotatable bonds is 8. The summed E-state index contributed by atoms with van der Waals surface area (Å²) in [5, 5.41) is 6.37. The van der Waals surface area contributed by atoms with Crippen molar-refractivity contribution in [2.75, 3.05) is 45.8 Å². The molecular weight excluding hydrogens is 522 g/mol. The Hall–Kier alpha value is -0.340. The van der Waals surface area contributed by atoms with Crippen molar-refractivity contribution in [2.24, 2.45) is 4.99 Å². The molecule has 2 N–H and O–H groups in total. The second-order valence-corrected chi connectivity index (χ2v) is 9.21. The molecule has 2 fully saturated rings. The van der Waals surface area contributed by atoms with E-state index in [-0.39, 0.29) is 43.1 Å². The summed E-state index contributed by atoms with van der Waals surface area (Å²) in [4.78, 5) is 7.01. The molecule has 0 unspecified atom stereocenters. The Morgan fingerprint density at radius 2 is 1.72 bits per heavy atom. The molecule has 0 saturated carbocycles. The summed E-state index contributed by atoms with van der Waals surface area (Å²) in [5.74, 6) is 0.640. The Morgan fingerprint density at radius 3 is 2.28 bits per heavy atom. The van der Waals surface area contributed by atoms with Crippen LogP contribution < -0.4 is 10.6 Å². The molecule has 0 amide bonds. The summed E-state index contributed by atoms with van der Waals surface area (Å²) < 4.78 is 61.4. The average Bonchev–Trinajstić information content (AvgIpc) is 3.14. The molecule has 0 aromatic rings. The fourth-order valence-electron chi connectivity index (χ4n) is 3.54. The van der Waals surface area contributed by atoms with Gasteiger partial charge in [0.2, 0.25) is 0 Å². The lowest BCUT2D eigenvalue weighted by atomic mass is 10.1. The van der Waals surface area contributed by atoms with Crippen molar-refractivity contribution in [1.82, 2.24) is 19.8 Å². The van der Waals surface area contributed by atoms with E-state index in [2.05, 4.69) is 20.5 Å². The number of guanidine groups is 1. The second-order valence-electron chi connectivity index (χ2n) is 7.28. The van der Waals surface area contributed by atoms with Crippen LogP contribution >= 0.6 is 24.0 Å². The van der Waals surface area contributed by atoms with Crippen LogP contribution in [0.15, 0.2) is 4.99 Å². The highest BCUT2D eigenvalue weighted by atomic mass is 127. The van der Waals surface area contributed by atoms with E-state index in [4.69, 9.17) is 0 Å². The van der Waals surface area contributed by atoms with Gasteiger partial charge in [0.25, 0.3) is 0 Å². The summed E-state index contributed by atoms with van der Waals surface area (Å²) >= 11 is 0. The first kappa shape index (κ1) is 26.7. The zero-order valence-corrected chi connectivity index (χ0v) is 20.0. The maximum atomic E-state index is 12.6. The third-order valence-electron chi connectivity index (χ3n) is 5.12. The van der Waals surface area contributed by atoms with Gasteiger partial charge in [-0.1, -0.05) is 0 Å². The number of piperidine rings is 1. The quantitative estimate of drug-likeness (QED) is 0.208. The minimum Gasteiger partial charge on any atom is -0.357 e. The molecule has 0 bridgehead atoms. The van der Waals surface area contributed by atoms with E-state index < -0.39 is 15.5 Å². The highest BCUT2D eigenvalue weighted by Crippen LogP contribution is 2.28. The highest BCUT2D eigenvalue weighted by molar-refractivity contribution is 14.0. The van der Waals surface area contributed by atoms with Crippen LogP contribution in [0.2, 0.25) is 0 Å². The van der Waals surface area contributed by atoms with E-state index >= 15 is 0 Å². The molecule has 12 heteroatoms. The number of hydrogen-bond donors (Lipinski definition) is 2. The van der Waals surface area contributed by atoms with Gasteiger partial charge in [-0.15, -0.1) is 24.0 Å². The SMILES string of the molecule is CCNC(=NCCCCN1CCCC1)NC1CCN(S(=O)(=O)C(F)(F)F)CC1.I. The first-order chi connectivity index (χ1) is 13.2. The number of nitrogens with zero attached hydrogens (tertiary/aromatic N) is 3. The normalized spacial score (nSPS) is 20.5. The van der Waals surface area contributed by atoms with Gasteiger partial charge < -0.3 is 15.5 Å². The van der Waals surface area contributed by atoms with Crippen LogP contribution in [0.1, 0.15) is 45.4 Å². The van der Waals surface area contributed by atoms with Gasteiger partial charge in [-0.2, -0.15) is 17.5 Å². The van der Waals surface area contributed by atoms with Crippen molar-refractivity contribution in [3.05, 3.63) is 0 Å². The Morgan fingerprint density at radius 1 is 1.10 bits per heavy atom. The third-order valence-corrected chi connectivity index (χ3v) is 6.75. The molecule has 7 nitrogen and oxygen atoms in total. The molecule has 0 aromatic heterocycles. The first-order valence-electron chi connectivity index (χ1n) is 10.1. The molecule has 2 rings (SSSR count). The molecule has 2 saturated heterocycles. The topological polar surface area (TPSA) is 77.0 Å². The van der Waals surface area contributed by atoms with E-state index in [9.17, 15) is 21.6 Å². The van der Waals surface area contributed by atoms with Crippen LogP contribution in [0.5, 0.6) is 0 Å². The van der Waals surface area contributed by atoms with Crippen LogP contribution in [-0.4, -0.2) is 80.9 Å². The molecule has 0 aromatic carbocycles. The smallest absolute Gasteiger partial charge is 0.357 e. The van der Waals surface area contributed by atoms with Crippen molar-refractivity contribution in [3.63, 3.8) is 0 Å². The second kappa shape index (κ2) is 12.5. The fraction of sp³-hybridized carbons (Fsp3) is 0.941. The van der Waals surface area contributed by atoms with Crippen LogP contribution in [0.25, 0.3) is 0 Å². The third kappa shape index (κ3) is 8.37. The predicted molar refractivity (Wildman–Crippen MR) is 119 cm³/mol. The van der Waals surface area contributed by atoms with Gasteiger partial charge >= 0.3 is 15.5 Å². The standard InChI is InChI=1S/C17H32F3N5O2S.HI/c1-2-21-16(22-9-3-4-10-24-11-5-6-12-24)23-15-7-13-25(14-8-15)28(26,27)17(18,19)20;/h15H,2-14H2,1H3,(H2,21,22,23);1H. The number of unbranched alkanes of at least 4 members (excludes halogenated alkanes) is 1. The molecule has 2 aliphatic rings. The maximum Gasteiger partial charge on any atom is 0.511 e. The Kier molecular flexibility index (Phi) is 11.5. The first-order valence-corrected chi connectivity index (χ1v) is 11.5. The number of hydrogen-bond acceptors (Lipinski definition) is 4. The minimum atomic E-state index is -5.24. The van der Waals surface area contributed by atoms with E-state index in [0.29, 0.717) is 36.2 Å². The van der Waals surface area contributed by atoms with Gasteiger partial charge in [0.15, 0.2) is 5.96 Å². The number of aliphatic imine (C=N–C) groups is 1. The Balaban J connectivity index is 0.00000420. The largest absolute Gasteiger partial charge is 0.511 e. The molecule has 0 radical (unpaired) electrons. The zero-order valence-electron chi connectivity index (χ0n) is 16.9. The van der Waals surface area contributed by atoms with Gasteiger partial charge in [0, 0.05) is 32.2 Å². The summed E-state index contributed by atoms with van der Waals surface area (Å²) in [6.07, 6.45) is 5.28. The molecule has 2 aliphatic heterocycles. The molecule has 0 spiro atoms. The number of alkyl halides is 3. The van der Waals surface area contributed by atoms with Crippen molar-refractivity contribution >= 4 is 40.0 Å². The maximum absolute atomic E-state index is 12.6.